The summed E-state index contributed by atoms with van der Waals surface area (Å²) in [4.78, 5) is 29.9. The van der Waals surface area contributed by atoms with Crippen LogP contribution in [0.25, 0.3) is 10.2 Å². The molecule has 0 spiro atoms. The monoisotopic (exact) mass is 368 g/mol. The van der Waals surface area contributed by atoms with Crippen molar-refractivity contribution in [3.05, 3.63) is 41.3 Å². The maximum atomic E-state index is 12.6. The minimum Gasteiger partial charge on any atom is -0.352 e. The molecule has 0 bridgehead atoms. The molecule has 0 atom stereocenters. The number of benzene rings is 1. The highest BCUT2D eigenvalue weighted by atomic mass is 32.1. The van der Waals surface area contributed by atoms with Crippen LogP contribution in [0.15, 0.2) is 29.9 Å². The lowest BCUT2D eigenvalue weighted by Crippen LogP contribution is -2.50. The molecule has 1 fully saturated rings. The van der Waals surface area contributed by atoms with E-state index in [0.29, 0.717) is 13.1 Å². The first-order valence-electron chi connectivity index (χ1n) is 8.54. The highest BCUT2D eigenvalue weighted by molar-refractivity contribution is 7.16. The van der Waals surface area contributed by atoms with E-state index in [1.807, 2.05) is 42.5 Å². The van der Waals surface area contributed by atoms with Crippen molar-refractivity contribution < 1.29 is 4.79 Å². The van der Waals surface area contributed by atoms with Crippen LogP contribution in [0, 0.1) is 13.8 Å². The molecule has 1 aromatic carbocycles. The summed E-state index contributed by atoms with van der Waals surface area (Å²) in [6.45, 7) is 6.71. The third-order valence-corrected chi connectivity index (χ3v) is 5.31. The Bertz CT molecular complexity index is 948. The van der Waals surface area contributed by atoms with Crippen molar-refractivity contribution in [2.75, 3.05) is 36.4 Å². The van der Waals surface area contributed by atoms with Gasteiger partial charge in [-0.05, 0) is 32.0 Å². The Labute approximate surface area is 155 Å². The van der Waals surface area contributed by atoms with E-state index in [1.54, 1.807) is 17.5 Å². The van der Waals surface area contributed by atoms with Gasteiger partial charge in [0.05, 0.1) is 27.1 Å². The van der Waals surface area contributed by atoms with Crippen molar-refractivity contribution in [1.82, 2.24) is 19.9 Å². The summed E-state index contributed by atoms with van der Waals surface area (Å²) >= 11 is 1.59. The van der Waals surface area contributed by atoms with Gasteiger partial charge in [-0.3, -0.25) is 4.98 Å². The van der Waals surface area contributed by atoms with Crippen molar-refractivity contribution in [3.63, 3.8) is 0 Å². The van der Waals surface area contributed by atoms with Crippen molar-refractivity contribution in [2.24, 2.45) is 0 Å². The average molecular weight is 368 g/mol. The molecule has 0 saturated carbocycles. The van der Waals surface area contributed by atoms with Gasteiger partial charge in [-0.25, -0.2) is 14.8 Å². The molecule has 2 amide bonds. The molecular weight excluding hydrogens is 348 g/mol. The first kappa shape index (κ1) is 16.7. The maximum Gasteiger partial charge on any atom is 0.321 e. The molecule has 1 aliphatic heterocycles. The van der Waals surface area contributed by atoms with Gasteiger partial charge in [0.2, 0.25) is 0 Å². The zero-order valence-corrected chi connectivity index (χ0v) is 15.6. The molecule has 0 aliphatic carbocycles. The van der Waals surface area contributed by atoms with Crippen LogP contribution < -0.4 is 10.2 Å². The number of rotatable bonds is 2. The second-order valence-electron chi connectivity index (χ2n) is 6.36. The van der Waals surface area contributed by atoms with E-state index < -0.39 is 0 Å². The van der Waals surface area contributed by atoms with Crippen molar-refractivity contribution in [3.8, 4) is 0 Å². The van der Waals surface area contributed by atoms with Gasteiger partial charge in [0.1, 0.15) is 5.82 Å². The summed E-state index contributed by atoms with van der Waals surface area (Å²) in [6.07, 6.45) is 1.78. The average Bonchev–Trinajstić information content (AvgIpc) is 3.11. The number of hydrogen-bond acceptors (Lipinski definition) is 6. The van der Waals surface area contributed by atoms with Gasteiger partial charge in [0, 0.05) is 38.1 Å². The molecule has 1 aliphatic rings. The van der Waals surface area contributed by atoms with Crippen LogP contribution in [-0.4, -0.2) is 52.1 Å². The highest BCUT2D eigenvalue weighted by Crippen LogP contribution is 2.22. The minimum atomic E-state index is -0.0775. The number of nitrogens with one attached hydrogen (secondary N) is 1. The summed E-state index contributed by atoms with van der Waals surface area (Å²) in [5.41, 5.74) is 5.32. The standard InChI is InChI=1S/C18H20N6OS/c1-12-10-19-13(2)17(21-12)23-5-7-24(8-6-23)18(25)22-14-3-4-16-15(9-14)20-11-26-16/h3-4,9-11H,5-8H2,1-2H3,(H,22,25). The van der Waals surface area contributed by atoms with Gasteiger partial charge in [-0.2, -0.15) is 0 Å². The molecule has 7 nitrogen and oxygen atoms in total. The molecule has 8 heteroatoms. The highest BCUT2D eigenvalue weighted by Gasteiger charge is 2.23. The number of fused-ring (bicyclic) bond motifs is 1. The molecule has 4 rings (SSSR count). The SMILES string of the molecule is Cc1cnc(C)c(N2CCN(C(=O)Nc3ccc4scnc4c3)CC2)n1. The van der Waals surface area contributed by atoms with Crippen LogP contribution in [0.1, 0.15) is 11.4 Å². The molecule has 26 heavy (non-hydrogen) atoms. The summed E-state index contributed by atoms with van der Waals surface area (Å²) in [5.74, 6) is 0.916. The molecule has 1 saturated heterocycles. The Morgan fingerprint density at radius 1 is 1.15 bits per heavy atom. The molecule has 1 N–H and O–H groups in total. The number of piperazine rings is 1. The summed E-state index contributed by atoms with van der Waals surface area (Å²) in [6, 6.07) is 5.73. The number of anilines is 2. The van der Waals surface area contributed by atoms with E-state index in [0.717, 1.165) is 46.2 Å². The number of hydrogen-bond donors (Lipinski definition) is 1. The predicted octanol–water partition coefficient (Wildman–Crippen LogP) is 3.06. The second kappa shape index (κ2) is 6.87. The quantitative estimate of drug-likeness (QED) is 0.752. The zero-order valence-electron chi connectivity index (χ0n) is 14.8. The lowest BCUT2D eigenvalue weighted by Gasteiger charge is -2.35. The molecule has 2 aromatic heterocycles. The van der Waals surface area contributed by atoms with E-state index in [9.17, 15) is 4.79 Å². The fourth-order valence-corrected chi connectivity index (χ4v) is 3.74. The number of aromatic nitrogens is 3. The molecule has 0 unspecified atom stereocenters. The number of urea groups is 1. The van der Waals surface area contributed by atoms with Gasteiger partial charge >= 0.3 is 6.03 Å². The Kier molecular flexibility index (Phi) is 4.42. The molecule has 3 aromatic rings. The minimum absolute atomic E-state index is 0.0775. The van der Waals surface area contributed by atoms with Crippen molar-refractivity contribution in [1.29, 1.82) is 0 Å². The van der Waals surface area contributed by atoms with Crippen LogP contribution in [0.3, 0.4) is 0 Å². The smallest absolute Gasteiger partial charge is 0.321 e. The maximum absolute atomic E-state index is 12.6. The first-order chi connectivity index (χ1) is 12.6. The van der Waals surface area contributed by atoms with E-state index in [1.165, 1.54) is 0 Å². The van der Waals surface area contributed by atoms with Crippen molar-refractivity contribution in [2.45, 2.75) is 13.8 Å². The number of aryl methyl sites for hydroxylation is 2. The van der Waals surface area contributed by atoms with Gasteiger partial charge < -0.3 is 15.1 Å². The Morgan fingerprint density at radius 2 is 1.96 bits per heavy atom. The van der Waals surface area contributed by atoms with Crippen LogP contribution in [0.4, 0.5) is 16.3 Å². The van der Waals surface area contributed by atoms with E-state index in [2.05, 4.69) is 25.2 Å². The number of carbonyl (C=O) groups is 1. The van der Waals surface area contributed by atoms with Gasteiger partial charge in [-0.15, -0.1) is 11.3 Å². The number of nitrogens with zero attached hydrogens (tertiary/aromatic N) is 5. The third kappa shape index (κ3) is 3.32. The van der Waals surface area contributed by atoms with Crippen LogP contribution in [-0.2, 0) is 0 Å². The van der Waals surface area contributed by atoms with E-state index in [4.69, 9.17) is 0 Å². The largest absolute Gasteiger partial charge is 0.352 e. The number of carbonyl (C=O) groups excluding carboxylic acids is 1. The van der Waals surface area contributed by atoms with Crippen LogP contribution in [0.5, 0.6) is 0 Å². The molecule has 0 radical (unpaired) electrons. The Hall–Kier alpha value is -2.74. The summed E-state index contributed by atoms with van der Waals surface area (Å²) < 4.78 is 1.12. The van der Waals surface area contributed by atoms with Crippen molar-refractivity contribution >= 4 is 39.1 Å². The van der Waals surface area contributed by atoms with Crippen LogP contribution in [0.2, 0.25) is 0 Å². The lowest BCUT2D eigenvalue weighted by atomic mass is 10.3. The molecular formula is C18H20N6OS. The Morgan fingerprint density at radius 3 is 2.77 bits per heavy atom. The van der Waals surface area contributed by atoms with Crippen LogP contribution >= 0.6 is 11.3 Å². The fraction of sp³-hybridized carbons (Fsp3) is 0.333. The van der Waals surface area contributed by atoms with E-state index >= 15 is 0 Å². The zero-order chi connectivity index (χ0) is 18.1. The third-order valence-electron chi connectivity index (χ3n) is 4.50. The van der Waals surface area contributed by atoms with Gasteiger partial charge in [0.25, 0.3) is 0 Å². The van der Waals surface area contributed by atoms with Gasteiger partial charge in [0.15, 0.2) is 0 Å². The predicted molar refractivity (Wildman–Crippen MR) is 104 cm³/mol. The first-order valence-corrected chi connectivity index (χ1v) is 9.42. The fourth-order valence-electron chi connectivity index (χ4n) is 3.08. The topological polar surface area (TPSA) is 74.2 Å². The molecule has 134 valence electrons. The normalized spacial score (nSPS) is 14.7. The molecule has 3 heterocycles. The summed E-state index contributed by atoms with van der Waals surface area (Å²) in [7, 11) is 0. The lowest BCUT2D eigenvalue weighted by molar-refractivity contribution is 0.208. The second-order valence-corrected chi connectivity index (χ2v) is 7.25. The Balaban J connectivity index is 1.39. The number of amides is 2. The summed E-state index contributed by atoms with van der Waals surface area (Å²) in [5, 5.41) is 2.97. The van der Waals surface area contributed by atoms with Gasteiger partial charge in [-0.1, -0.05) is 0 Å². The van der Waals surface area contributed by atoms with E-state index in [-0.39, 0.29) is 6.03 Å². The number of thiazole rings is 1.